The average Bonchev–Trinajstić information content (AvgIpc) is 2.55. The Balaban J connectivity index is 2.06. The Morgan fingerprint density at radius 2 is 1.04 bits per heavy atom. The molecule has 3 nitrogen and oxygen atoms in total. The number of benzene rings is 2. The van der Waals surface area contributed by atoms with Crippen LogP contribution in [0.3, 0.4) is 0 Å². The molecule has 0 atom stereocenters. The summed E-state index contributed by atoms with van der Waals surface area (Å²) in [7, 11) is 2.43. The van der Waals surface area contributed by atoms with E-state index in [9.17, 15) is 17.6 Å². The third-order valence-corrected chi connectivity index (χ3v) is 3.21. The molecule has 0 spiro atoms. The first-order valence-corrected chi connectivity index (χ1v) is 6.59. The van der Waals surface area contributed by atoms with Gasteiger partial charge in [0.05, 0.1) is 27.4 Å². The monoisotopic (exact) mass is 330 g/mol. The lowest BCUT2D eigenvalue weighted by Crippen LogP contribution is -2.03. The lowest BCUT2D eigenvalue weighted by Gasteiger charge is -2.10. The number of ether oxygens (including phenoxy) is 3. The first-order valence-electron chi connectivity index (χ1n) is 6.59. The Morgan fingerprint density at radius 1 is 0.652 bits per heavy atom. The first-order chi connectivity index (χ1) is 11.0. The molecular weight excluding hydrogens is 316 g/mol. The van der Waals surface area contributed by atoms with Crippen LogP contribution in [0.4, 0.5) is 17.6 Å². The minimum atomic E-state index is -1.13. The summed E-state index contributed by atoms with van der Waals surface area (Å²) in [4.78, 5) is 0. The summed E-state index contributed by atoms with van der Waals surface area (Å²) in [6.07, 6.45) is 0. The molecule has 0 bridgehead atoms. The molecule has 2 aromatic rings. The average molecular weight is 330 g/mol. The van der Waals surface area contributed by atoms with Gasteiger partial charge in [0.15, 0.2) is 23.1 Å². The molecule has 2 rings (SSSR count). The van der Waals surface area contributed by atoms with E-state index in [1.807, 2.05) is 0 Å². The van der Waals surface area contributed by atoms with Gasteiger partial charge in [0.25, 0.3) is 0 Å². The Labute approximate surface area is 130 Å². The predicted molar refractivity (Wildman–Crippen MR) is 74.3 cm³/mol. The quantitative estimate of drug-likeness (QED) is 0.750. The van der Waals surface area contributed by atoms with Crippen molar-refractivity contribution in [1.29, 1.82) is 0 Å². The van der Waals surface area contributed by atoms with Crippen molar-refractivity contribution >= 4 is 0 Å². The zero-order valence-corrected chi connectivity index (χ0v) is 12.5. The Hall–Kier alpha value is -2.28. The number of hydrogen-bond donors (Lipinski definition) is 0. The largest absolute Gasteiger partial charge is 0.494 e. The third-order valence-electron chi connectivity index (χ3n) is 3.21. The molecule has 0 unspecified atom stereocenters. The van der Waals surface area contributed by atoms with Gasteiger partial charge in [-0.15, -0.1) is 0 Å². The molecule has 0 radical (unpaired) electrons. The maximum absolute atomic E-state index is 13.7. The van der Waals surface area contributed by atoms with Crippen LogP contribution in [-0.4, -0.2) is 14.2 Å². The van der Waals surface area contributed by atoms with Crippen molar-refractivity contribution < 1.29 is 31.8 Å². The predicted octanol–water partition coefficient (Wildman–Crippen LogP) is 3.98. The van der Waals surface area contributed by atoms with Gasteiger partial charge in [-0.3, -0.25) is 0 Å². The van der Waals surface area contributed by atoms with Crippen molar-refractivity contribution in [3.63, 3.8) is 0 Å². The van der Waals surface area contributed by atoms with Crippen LogP contribution in [-0.2, 0) is 18.0 Å². The molecule has 2 aromatic carbocycles. The van der Waals surface area contributed by atoms with Gasteiger partial charge in [-0.25, -0.2) is 8.78 Å². The van der Waals surface area contributed by atoms with E-state index in [4.69, 9.17) is 4.74 Å². The van der Waals surface area contributed by atoms with Gasteiger partial charge in [-0.2, -0.15) is 8.78 Å². The number of rotatable bonds is 6. The summed E-state index contributed by atoms with van der Waals surface area (Å²) >= 11 is 0. The zero-order valence-electron chi connectivity index (χ0n) is 12.5. The van der Waals surface area contributed by atoms with Crippen molar-refractivity contribution in [1.82, 2.24) is 0 Å². The van der Waals surface area contributed by atoms with E-state index in [0.717, 1.165) is 0 Å². The minimum Gasteiger partial charge on any atom is -0.494 e. The van der Waals surface area contributed by atoms with Crippen molar-refractivity contribution in [2.24, 2.45) is 0 Å². The van der Waals surface area contributed by atoms with Gasteiger partial charge in [-0.05, 0) is 24.3 Å². The first kappa shape index (κ1) is 17.1. The van der Waals surface area contributed by atoms with E-state index >= 15 is 0 Å². The fourth-order valence-corrected chi connectivity index (χ4v) is 1.95. The molecule has 0 amide bonds. The maximum atomic E-state index is 13.7. The molecule has 0 saturated heterocycles. The van der Waals surface area contributed by atoms with Crippen LogP contribution in [0.25, 0.3) is 0 Å². The van der Waals surface area contributed by atoms with Gasteiger partial charge in [-0.1, -0.05) is 0 Å². The summed E-state index contributed by atoms with van der Waals surface area (Å²) in [5.41, 5.74) is -0.115. The summed E-state index contributed by atoms with van der Waals surface area (Å²) in [6.45, 7) is -0.611. The highest BCUT2D eigenvalue weighted by Gasteiger charge is 2.16. The van der Waals surface area contributed by atoms with Gasteiger partial charge in [0.2, 0.25) is 11.6 Å². The van der Waals surface area contributed by atoms with Crippen LogP contribution in [0, 0.1) is 23.3 Å². The third kappa shape index (κ3) is 3.56. The standard InChI is InChI=1S/C16H14F4O3/c1-21-11-5-3-9(13(17)15(11)19)7-23-8-10-4-6-12(22-2)16(20)14(10)18/h3-6H,7-8H2,1-2H3. The zero-order chi connectivity index (χ0) is 17.0. The molecule has 0 aromatic heterocycles. The molecule has 124 valence electrons. The summed E-state index contributed by atoms with van der Waals surface area (Å²) < 4.78 is 69.0. The normalized spacial score (nSPS) is 10.7. The Kier molecular flexibility index (Phi) is 5.44. The van der Waals surface area contributed by atoms with E-state index in [1.54, 1.807) is 0 Å². The Morgan fingerprint density at radius 3 is 1.39 bits per heavy atom. The van der Waals surface area contributed by atoms with Crippen molar-refractivity contribution in [3.8, 4) is 11.5 Å². The molecule has 0 heterocycles. The molecular formula is C16H14F4O3. The highest BCUT2D eigenvalue weighted by atomic mass is 19.2. The van der Waals surface area contributed by atoms with E-state index in [-0.39, 0.29) is 35.8 Å². The molecule has 0 N–H and O–H groups in total. The molecule has 7 heteroatoms. The summed E-state index contributed by atoms with van der Waals surface area (Å²) in [5, 5.41) is 0. The van der Waals surface area contributed by atoms with E-state index in [1.165, 1.54) is 38.5 Å². The van der Waals surface area contributed by atoms with Crippen LogP contribution in [0.1, 0.15) is 11.1 Å². The highest BCUT2D eigenvalue weighted by Crippen LogP contribution is 2.25. The smallest absolute Gasteiger partial charge is 0.200 e. The van der Waals surface area contributed by atoms with E-state index in [2.05, 4.69) is 9.47 Å². The molecule has 0 saturated carbocycles. The van der Waals surface area contributed by atoms with Gasteiger partial charge >= 0.3 is 0 Å². The molecule has 0 aliphatic heterocycles. The second kappa shape index (κ2) is 7.32. The number of hydrogen-bond acceptors (Lipinski definition) is 3. The molecule has 0 fully saturated rings. The topological polar surface area (TPSA) is 27.7 Å². The highest BCUT2D eigenvalue weighted by molar-refractivity contribution is 5.32. The SMILES string of the molecule is COc1ccc(COCc2ccc(OC)c(F)c2F)c(F)c1F. The minimum absolute atomic E-state index is 0.0577. The fourth-order valence-electron chi connectivity index (χ4n) is 1.95. The van der Waals surface area contributed by atoms with Gasteiger partial charge in [0, 0.05) is 11.1 Å². The van der Waals surface area contributed by atoms with Crippen LogP contribution < -0.4 is 9.47 Å². The van der Waals surface area contributed by atoms with Gasteiger partial charge < -0.3 is 14.2 Å². The maximum Gasteiger partial charge on any atom is 0.200 e. The molecule has 0 aliphatic rings. The van der Waals surface area contributed by atoms with Gasteiger partial charge in [0.1, 0.15) is 0 Å². The van der Waals surface area contributed by atoms with Crippen LogP contribution in [0.5, 0.6) is 11.5 Å². The lowest BCUT2D eigenvalue weighted by atomic mass is 10.2. The van der Waals surface area contributed by atoms with Crippen LogP contribution in [0.15, 0.2) is 24.3 Å². The van der Waals surface area contributed by atoms with E-state index in [0.29, 0.717) is 0 Å². The second-order valence-electron chi connectivity index (χ2n) is 4.60. The van der Waals surface area contributed by atoms with Crippen LogP contribution in [0.2, 0.25) is 0 Å². The summed E-state index contributed by atoms with van der Waals surface area (Å²) in [6, 6.07) is 5.10. The molecule has 0 aliphatic carbocycles. The van der Waals surface area contributed by atoms with Crippen molar-refractivity contribution in [2.45, 2.75) is 13.2 Å². The lowest BCUT2D eigenvalue weighted by molar-refractivity contribution is 0.101. The Bertz CT molecular complexity index is 645. The van der Waals surface area contributed by atoms with E-state index < -0.39 is 23.3 Å². The molecule has 23 heavy (non-hydrogen) atoms. The number of halogens is 4. The summed E-state index contributed by atoms with van der Waals surface area (Å²) in [5.74, 6) is -4.92. The van der Waals surface area contributed by atoms with Crippen LogP contribution >= 0.6 is 0 Å². The fraction of sp³-hybridized carbons (Fsp3) is 0.250. The van der Waals surface area contributed by atoms with Crippen molar-refractivity contribution in [2.75, 3.05) is 14.2 Å². The van der Waals surface area contributed by atoms with Crippen molar-refractivity contribution in [3.05, 3.63) is 58.7 Å². The number of methoxy groups -OCH3 is 2. The second-order valence-corrected chi connectivity index (χ2v) is 4.60.